The van der Waals surface area contributed by atoms with Gasteiger partial charge in [0.15, 0.2) is 0 Å². The fraction of sp³-hybridized carbons (Fsp3) is 0.118. The predicted molar refractivity (Wildman–Crippen MR) is 88.8 cm³/mol. The third kappa shape index (κ3) is 3.21. The summed E-state index contributed by atoms with van der Waals surface area (Å²) in [6.45, 7) is 1.77. The number of hydrogen-bond acceptors (Lipinski definition) is 3. The van der Waals surface area contributed by atoms with Crippen LogP contribution in [0.15, 0.2) is 54.9 Å². The molecule has 1 aromatic heterocycles. The molecule has 0 aliphatic carbocycles. The second-order valence-electron chi connectivity index (χ2n) is 5.03. The number of imidazole rings is 1. The van der Waals surface area contributed by atoms with E-state index in [-0.39, 0.29) is 11.8 Å². The van der Waals surface area contributed by atoms with E-state index in [1.807, 2.05) is 24.3 Å². The molecule has 2 N–H and O–H groups in total. The maximum absolute atomic E-state index is 12.4. The Balaban J connectivity index is 1.80. The molecular formula is C17H16N4O2. The molecule has 0 saturated carbocycles. The molecule has 0 unspecified atom stereocenters. The molecule has 23 heavy (non-hydrogen) atoms. The van der Waals surface area contributed by atoms with E-state index >= 15 is 0 Å². The van der Waals surface area contributed by atoms with Crippen LogP contribution < -0.4 is 10.7 Å². The van der Waals surface area contributed by atoms with E-state index in [9.17, 15) is 9.59 Å². The largest absolute Gasteiger partial charge is 0.326 e. The van der Waals surface area contributed by atoms with E-state index < -0.39 is 0 Å². The molecule has 2 amide bonds. The molecule has 0 bridgehead atoms. The quantitative estimate of drug-likeness (QED) is 0.778. The summed E-state index contributed by atoms with van der Waals surface area (Å²) < 4.78 is 1.58. The Morgan fingerprint density at radius 1 is 1.13 bits per heavy atom. The third-order valence-electron chi connectivity index (χ3n) is 3.41. The van der Waals surface area contributed by atoms with Crippen molar-refractivity contribution in [3.05, 3.63) is 60.4 Å². The van der Waals surface area contributed by atoms with Gasteiger partial charge in [-0.3, -0.25) is 15.0 Å². The van der Waals surface area contributed by atoms with E-state index in [1.165, 1.54) is 0 Å². The van der Waals surface area contributed by atoms with Gasteiger partial charge in [-0.05, 0) is 30.3 Å². The van der Waals surface area contributed by atoms with Gasteiger partial charge in [-0.2, -0.15) is 0 Å². The van der Waals surface area contributed by atoms with Crippen LogP contribution in [0.3, 0.4) is 0 Å². The summed E-state index contributed by atoms with van der Waals surface area (Å²) in [4.78, 5) is 28.1. The molecule has 116 valence electrons. The lowest BCUT2D eigenvalue weighted by Crippen LogP contribution is -2.22. The molecule has 0 atom stereocenters. The Labute approximate surface area is 133 Å². The molecule has 0 spiro atoms. The summed E-state index contributed by atoms with van der Waals surface area (Å²) >= 11 is 0. The van der Waals surface area contributed by atoms with Crippen LogP contribution >= 0.6 is 0 Å². The Kier molecular flexibility index (Phi) is 4.05. The fourth-order valence-corrected chi connectivity index (χ4v) is 2.21. The van der Waals surface area contributed by atoms with Gasteiger partial charge >= 0.3 is 0 Å². The Bertz CT molecular complexity index is 870. The first kappa shape index (κ1) is 14.8. The van der Waals surface area contributed by atoms with Crippen LogP contribution in [0.5, 0.6) is 0 Å². The third-order valence-corrected chi connectivity index (χ3v) is 3.41. The van der Waals surface area contributed by atoms with Crippen molar-refractivity contribution in [1.82, 2.24) is 9.66 Å². The number of amides is 2. The lowest BCUT2D eigenvalue weighted by Gasteiger charge is -2.09. The van der Waals surface area contributed by atoms with Crippen LogP contribution in [-0.4, -0.2) is 21.5 Å². The van der Waals surface area contributed by atoms with Crippen molar-refractivity contribution in [2.24, 2.45) is 0 Å². The summed E-state index contributed by atoms with van der Waals surface area (Å²) in [5.74, 6) is -0.371. The summed E-state index contributed by atoms with van der Waals surface area (Å²) in [7, 11) is 0. The highest BCUT2D eigenvalue weighted by atomic mass is 16.2. The van der Waals surface area contributed by atoms with E-state index in [0.717, 1.165) is 11.0 Å². The first-order chi connectivity index (χ1) is 11.2. The number of aromatic nitrogens is 2. The van der Waals surface area contributed by atoms with Crippen LogP contribution in [0.1, 0.15) is 23.7 Å². The number of rotatable bonds is 4. The number of anilines is 1. The van der Waals surface area contributed by atoms with E-state index in [0.29, 0.717) is 17.7 Å². The predicted octanol–water partition coefficient (Wildman–Crippen LogP) is 2.77. The van der Waals surface area contributed by atoms with Crippen molar-refractivity contribution in [3.63, 3.8) is 0 Å². The van der Waals surface area contributed by atoms with Gasteiger partial charge in [0.25, 0.3) is 5.91 Å². The van der Waals surface area contributed by atoms with Crippen LogP contribution in [-0.2, 0) is 4.79 Å². The van der Waals surface area contributed by atoms with E-state index in [4.69, 9.17) is 0 Å². The number of carbonyl (C=O) groups is 2. The lowest BCUT2D eigenvalue weighted by atomic mass is 10.2. The van der Waals surface area contributed by atoms with Gasteiger partial charge in [0, 0.05) is 17.7 Å². The lowest BCUT2D eigenvalue weighted by molar-refractivity contribution is -0.115. The summed E-state index contributed by atoms with van der Waals surface area (Å²) in [6.07, 6.45) is 1.95. The first-order valence-electron chi connectivity index (χ1n) is 7.30. The van der Waals surface area contributed by atoms with Gasteiger partial charge in [-0.15, -0.1) is 0 Å². The minimum atomic E-state index is -0.277. The number of nitrogens with zero attached hydrogens (tertiary/aromatic N) is 2. The Morgan fingerprint density at radius 3 is 2.78 bits per heavy atom. The molecule has 0 fully saturated rings. The topological polar surface area (TPSA) is 76.0 Å². The van der Waals surface area contributed by atoms with Crippen molar-refractivity contribution < 1.29 is 9.59 Å². The van der Waals surface area contributed by atoms with E-state index in [1.54, 1.807) is 42.2 Å². The smallest absolute Gasteiger partial charge is 0.270 e. The second-order valence-corrected chi connectivity index (χ2v) is 5.03. The van der Waals surface area contributed by atoms with E-state index in [2.05, 4.69) is 15.7 Å². The van der Waals surface area contributed by atoms with Crippen LogP contribution in [0.4, 0.5) is 5.69 Å². The molecule has 1 heterocycles. The van der Waals surface area contributed by atoms with Crippen LogP contribution in [0.25, 0.3) is 11.0 Å². The minimum Gasteiger partial charge on any atom is -0.326 e. The Morgan fingerprint density at radius 2 is 1.96 bits per heavy atom. The van der Waals surface area contributed by atoms with Gasteiger partial charge in [0.05, 0.1) is 11.0 Å². The zero-order valence-electron chi connectivity index (χ0n) is 12.6. The molecule has 0 aliphatic heterocycles. The number of carbonyl (C=O) groups excluding carboxylic acids is 2. The van der Waals surface area contributed by atoms with Gasteiger partial charge < -0.3 is 5.32 Å². The summed E-state index contributed by atoms with van der Waals surface area (Å²) in [5, 5.41) is 2.74. The van der Waals surface area contributed by atoms with Crippen molar-refractivity contribution >= 4 is 28.5 Å². The molecule has 3 rings (SSSR count). The normalized spacial score (nSPS) is 10.5. The number of hydrogen-bond donors (Lipinski definition) is 2. The molecule has 0 aliphatic rings. The number of nitrogens with one attached hydrogen (secondary N) is 2. The second kappa shape index (κ2) is 6.31. The van der Waals surface area contributed by atoms with Gasteiger partial charge in [0.1, 0.15) is 6.33 Å². The van der Waals surface area contributed by atoms with Crippen molar-refractivity contribution in [2.75, 3.05) is 10.7 Å². The molecule has 0 saturated heterocycles. The fourth-order valence-electron chi connectivity index (χ4n) is 2.21. The molecule has 3 aromatic rings. The van der Waals surface area contributed by atoms with Crippen molar-refractivity contribution in [2.45, 2.75) is 13.3 Å². The van der Waals surface area contributed by atoms with Gasteiger partial charge in [0.2, 0.25) is 5.91 Å². The number of benzene rings is 2. The Hall–Kier alpha value is -3.15. The number of para-hydroxylation sites is 2. The first-order valence-corrected chi connectivity index (χ1v) is 7.30. The average Bonchev–Trinajstić information content (AvgIpc) is 2.98. The minimum absolute atomic E-state index is 0.0943. The zero-order valence-corrected chi connectivity index (χ0v) is 12.6. The van der Waals surface area contributed by atoms with Crippen molar-refractivity contribution in [1.29, 1.82) is 0 Å². The molecule has 6 nitrogen and oxygen atoms in total. The van der Waals surface area contributed by atoms with Crippen LogP contribution in [0, 0.1) is 0 Å². The summed E-state index contributed by atoms with van der Waals surface area (Å²) in [6, 6.07) is 14.3. The SMILES string of the molecule is CCC(=O)Nc1cccc(C(=O)Nn2cnc3ccccc32)c1. The molecule has 2 aromatic carbocycles. The highest BCUT2D eigenvalue weighted by Gasteiger charge is 2.09. The maximum atomic E-state index is 12.4. The summed E-state index contributed by atoms with van der Waals surface area (Å²) in [5.41, 5.74) is 5.45. The monoisotopic (exact) mass is 308 g/mol. The maximum Gasteiger partial charge on any atom is 0.270 e. The van der Waals surface area contributed by atoms with Crippen molar-refractivity contribution in [3.8, 4) is 0 Å². The van der Waals surface area contributed by atoms with Gasteiger partial charge in [-0.25, -0.2) is 9.66 Å². The highest BCUT2D eigenvalue weighted by Crippen LogP contribution is 2.13. The molecule has 0 radical (unpaired) electrons. The van der Waals surface area contributed by atoms with Gasteiger partial charge in [-0.1, -0.05) is 25.1 Å². The van der Waals surface area contributed by atoms with Crippen LogP contribution in [0.2, 0.25) is 0 Å². The zero-order chi connectivity index (χ0) is 16.2. The molecular weight excluding hydrogens is 292 g/mol. The standard InChI is InChI=1S/C17H16N4O2/c1-2-16(22)19-13-7-5-6-12(10-13)17(23)20-21-11-18-14-8-3-4-9-15(14)21/h3-11H,2H2,1H3,(H,19,22)(H,20,23). The average molecular weight is 308 g/mol. The highest BCUT2D eigenvalue weighted by molar-refractivity contribution is 6.02. The number of fused-ring (bicyclic) bond motifs is 1. The molecule has 6 heteroatoms.